The lowest BCUT2D eigenvalue weighted by Crippen LogP contribution is -2.29. The molecule has 1 amide bonds. The first-order valence-electron chi connectivity index (χ1n) is 7.14. The summed E-state index contributed by atoms with van der Waals surface area (Å²) in [5, 5.41) is 0. The molecule has 0 bridgehead atoms. The Kier molecular flexibility index (Phi) is 3.17. The van der Waals surface area contributed by atoms with Gasteiger partial charge >= 0.3 is 0 Å². The number of ether oxygens (including phenoxy) is 3. The van der Waals surface area contributed by atoms with E-state index < -0.39 is 15.9 Å². The predicted octanol–water partition coefficient (Wildman–Crippen LogP) is 1.77. The fourth-order valence-electron chi connectivity index (χ4n) is 2.75. The van der Waals surface area contributed by atoms with E-state index in [1.807, 2.05) is 0 Å². The van der Waals surface area contributed by atoms with Gasteiger partial charge in [0.1, 0.15) is 10.6 Å². The molecule has 2 aromatic rings. The number of nitrogens with zero attached hydrogens (tertiary/aromatic N) is 1. The van der Waals surface area contributed by atoms with Crippen LogP contribution in [0.3, 0.4) is 0 Å². The van der Waals surface area contributed by atoms with Crippen molar-refractivity contribution in [3.8, 4) is 17.2 Å². The molecule has 2 aromatic carbocycles. The molecule has 0 unspecified atom stereocenters. The Balaban J connectivity index is 1.70. The number of hydrogen-bond acceptors (Lipinski definition) is 6. The van der Waals surface area contributed by atoms with Gasteiger partial charge in [0, 0.05) is 0 Å². The van der Waals surface area contributed by atoms with Crippen molar-refractivity contribution in [1.82, 2.24) is 4.31 Å². The standard InChI is InChI=1S/C16H13NO6S/c1-21-11-3-5-15-12(7-11)16(18)17(24(15,19)20)8-10-2-4-13-14(6-10)23-9-22-13/h2-7H,8-9H2,1H3. The highest BCUT2D eigenvalue weighted by Gasteiger charge is 2.41. The number of carbonyl (C=O) groups excluding carboxylic acids is 1. The summed E-state index contributed by atoms with van der Waals surface area (Å²) in [5.41, 5.74) is 0.756. The maximum Gasteiger partial charge on any atom is 0.269 e. The predicted molar refractivity (Wildman–Crippen MR) is 82.6 cm³/mol. The molecule has 2 aliphatic heterocycles. The van der Waals surface area contributed by atoms with E-state index in [0.717, 1.165) is 4.31 Å². The molecule has 0 saturated carbocycles. The van der Waals surface area contributed by atoms with Gasteiger partial charge in [-0.25, -0.2) is 12.7 Å². The minimum absolute atomic E-state index is 0.00552. The fourth-order valence-corrected chi connectivity index (χ4v) is 4.29. The first kappa shape index (κ1) is 14.8. The second kappa shape index (κ2) is 5.13. The summed E-state index contributed by atoms with van der Waals surface area (Å²) in [6, 6.07) is 9.43. The van der Waals surface area contributed by atoms with E-state index in [1.165, 1.54) is 25.3 Å². The topological polar surface area (TPSA) is 82.1 Å². The largest absolute Gasteiger partial charge is 0.497 e. The third kappa shape index (κ3) is 2.10. The molecule has 0 spiro atoms. The van der Waals surface area contributed by atoms with Gasteiger partial charge in [-0.15, -0.1) is 0 Å². The van der Waals surface area contributed by atoms with Crippen LogP contribution in [-0.4, -0.2) is 32.5 Å². The molecule has 0 radical (unpaired) electrons. The van der Waals surface area contributed by atoms with Crippen molar-refractivity contribution >= 4 is 15.9 Å². The highest BCUT2D eigenvalue weighted by Crippen LogP contribution is 2.36. The van der Waals surface area contributed by atoms with E-state index in [-0.39, 0.29) is 23.8 Å². The van der Waals surface area contributed by atoms with Crippen LogP contribution in [0.1, 0.15) is 15.9 Å². The molecule has 0 aliphatic carbocycles. The molecule has 0 aromatic heterocycles. The SMILES string of the molecule is COc1ccc2c(c1)C(=O)N(Cc1ccc3c(c1)OCO3)S2(=O)=O. The quantitative estimate of drug-likeness (QED) is 0.842. The first-order chi connectivity index (χ1) is 11.5. The molecule has 7 nitrogen and oxygen atoms in total. The molecule has 0 N–H and O–H groups in total. The minimum Gasteiger partial charge on any atom is -0.497 e. The third-order valence-corrected chi connectivity index (χ3v) is 5.76. The number of rotatable bonds is 3. The van der Waals surface area contributed by atoms with Crippen LogP contribution in [0.25, 0.3) is 0 Å². The molecular weight excluding hydrogens is 334 g/mol. The molecule has 0 atom stereocenters. The average molecular weight is 347 g/mol. The second-order valence-corrected chi connectivity index (χ2v) is 7.20. The number of benzene rings is 2. The number of sulfonamides is 1. The van der Waals surface area contributed by atoms with Crippen LogP contribution in [0.15, 0.2) is 41.3 Å². The van der Waals surface area contributed by atoms with E-state index in [2.05, 4.69) is 0 Å². The summed E-state index contributed by atoms with van der Waals surface area (Å²) in [5.74, 6) is 1.00. The van der Waals surface area contributed by atoms with Crippen LogP contribution in [0.2, 0.25) is 0 Å². The summed E-state index contributed by atoms with van der Waals surface area (Å²) in [6.45, 7) is 0.0553. The molecule has 124 valence electrons. The van der Waals surface area contributed by atoms with E-state index in [1.54, 1.807) is 18.2 Å². The first-order valence-corrected chi connectivity index (χ1v) is 8.58. The Bertz CT molecular complexity index is 953. The Labute approximate surface area is 138 Å². The summed E-state index contributed by atoms with van der Waals surface area (Å²) >= 11 is 0. The van der Waals surface area contributed by atoms with Crippen molar-refractivity contribution in [2.24, 2.45) is 0 Å². The molecule has 2 heterocycles. The Hall–Kier alpha value is -2.74. The van der Waals surface area contributed by atoms with Crippen molar-refractivity contribution in [3.05, 3.63) is 47.5 Å². The van der Waals surface area contributed by atoms with Crippen molar-refractivity contribution in [1.29, 1.82) is 0 Å². The summed E-state index contributed by atoms with van der Waals surface area (Å²) in [7, 11) is -2.42. The summed E-state index contributed by atoms with van der Waals surface area (Å²) < 4.78 is 41.7. The van der Waals surface area contributed by atoms with Crippen LogP contribution < -0.4 is 14.2 Å². The monoisotopic (exact) mass is 347 g/mol. The molecule has 0 saturated heterocycles. The highest BCUT2D eigenvalue weighted by molar-refractivity contribution is 7.90. The number of hydrogen-bond donors (Lipinski definition) is 0. The molecule has 4 rings (SSSR count). The Morgan fingerprint density at radius 1 is 1.12 bits per heavy atom. The van der Waals surface area contributed by atoms with Gasteiger partial charge in [0.05, 0.1) is 19.2 Å². The normalized spacial score (nSPS) is 17.0. The van der Waals surface area contributed by atoms with Crippen molar-refractivity contribution in [2.75, 3.05) is 13.9 Å². The third-order valence-electron chi connectivity index (χ3n) is 3.97. The number of amides is 1. The molecule has 0 fully saturated rings. The van der Waals surface area contributed by atoms with E-state index in [0.29, 0.717) is 22.8 Å². The van der Waals surface area contributed by atoms with Gasteiger partial charge < -0.3 is 14.2 Å². The molecular formula is C16H13NO6S. The zero-order valence-electron chi connectivity index (χ0n) is 12.7. The van der Waals surface area contributed by atoms with Gasteiger partial charge in [0.2, 0.25) is 6.79 Å². The van der Waals surface area contributed by atoms with Gasteiger partial charge in [0.15, 0.2) is 11.5 Å². The fraction of sp³-hybridized carbons (Fsp3) is 0.188. The van der Waals surface area contributed by atoms with Gasteiger partial charge in [-0.2, -0.15) is 0 Å². The molecule has 24 heavy (non-hydrogen) atoms. The van der Waals surface area contributed by atoms with Crippen molar-refractivity contribution in [3.63, 3.8) is 0 Å². The maximum atomic E-state index is 12.6. The van der Waals surface area contributed by atoms with E-state index in [4.69, 9.17) is 14.2 Å². The summed E-state index contributed by atoms with van der Waals surface area (Å²) in [4.78, 5) is 12.5. The zero-order valence-corrected chi connectivity index (χ0v) is 13.5. The van der Waals surface area contributed by atoms with E-state index >= 15 is 0 Å². The average Bonchev–Trinajstić information content (AvgIpc) is 3.11. The van der Waals surface area contributed by atoms with E-state index in [9.17, 15) is 13.2 Å². The number of fused-ring (bicyclic) bond motifs is 2. The van der Waals surface area contributed by atoms with Crippen molar-refractivity contribution < 1.29 is 27.4 Å². The van der Waals surface area contributed by atoms with Crippen LogP contribution in [0.5, 0.6) is 17.2 Å². The lowest BCUT2D eigenvalue weighted by atomic mass is 10.1. The number of carbonyl (C=O) groups is 1. The second-order valence-electron chi connectivity index (χ2n) is 5.37. The Morgan fingerprint density at radius 3 is 2.71 bits per heavy atom. The zero-order chi connectivity index (χ0) is 16.9. The van der Waals surface area contributed by atoms with Crippen molar-refractivity contribution in [2.45, 2.75) is 11.4 Å². The minimum atomic E-state index is -3.88. The lowest BCUT2D eigenvalue weighted by molar-refractivity contribution is 0.0864. The van der Waals surface area contributed by atoms with Crippen LogP contribution >= 0.6 is 0 Å². The van der Waals surface area contributed by atoms with Gasteiger partial charge in [-0.3, -0.25) is 4.79 Å². The lowest BCUT2D eigenvalue weighted by Gasteiger charge is -2.15. The van der Waals surface area contributed by atoms with Crippen LogP contribution in [-0.2, 0) is 16.6 Å². The number of methoxy groups -OCH3 is 1. The van der Waals surface area contributed by atoms with Crippen LogP contribution in [0, 0.1) is 0 Å². The van der Waals surface area contributed by atoms with Gasteiger partial charge in [-0.1, -0.05) is 6.07 Å². The molecule has 8 heteroatoms. The summed E-state index contributed by atoms with van der Waals surface area (Å²) in [6.07, 6.45) is 0. The Morgan fingerprint density at radius 2 is 1.92 bits per heavy atom. The maximum absolute atomic E-state index is 12.6. The highest BCUT2D eigenvalue weighted by atomic mass is 32.2. The molecule has 2 aliphatic rings. The van der Waals surface area contributed by atoms with Gasteiger partial charge in [0.25, 0.3) is 15.9 Å². The van der Waals surface area contributed by atoms with Gasteiger partial charge in [-0.05, 0) is 35.9 Å². The smallest absolute Gasteiger partial charge is 0.269 e. The van der Waals surface area contributed by atoms with Crippen LogP contribution in [0.4, 0.5) is 0 Å².